The standard InChI is InChI=1S/C12H19N5O/c1-9(2)13-6-4-5-11-15-12(16-18-11)10-7-14-17(3)8-10/h7-9,13H,4-6H2,1-3H3. The number of hydrogen-bond donors (Lipinski definition) is 1. The molecule has 0 aliphatic rings. The summed E-state index contributed by atoms with van der Waals surface area (Å²) in [5, 5.41) is 11.4. The van der Waals surface area contributed by atoms with Crippen molar-refractivity contribution in [2.24, 2.45) is 7.05 Å². The van der Waals surface area contributed by atoms with Gasteiger partial charge in [-0.1, -0.05) is 19.0 Å². The summed E-state index contributed by atoms with van der Waals surface area (Å²) < 4.78 is 6.93. The van der Waals surface area contributed by atoms with Crippen molar-refractivity contribution in [3.63, 3.8) is 0 Å². The molecular formula is C12H19N5O. The molecule has 0 bridgehead atoms. The van der Waals surface area contributed by atoms with Gasteiger partial charge in [-0.05, 0) is 13.0 Å². The van der Waals surface area contributed by atoms with Crippen molar-refractivity contribution >= 4 is 0 Å². The Morgan fingerprint density at radius 1 is 1.44 bits per heavy atom. The average molecular weight is 249 g/mol. The van der Waals surface area contributed by atoms with E-state index in [0.717, 1.165) is 24.9 Å². The highest BCUT2D eigenvalue weighted by molar-refractivity contribution is 5.50. The Balaban J connectivity index is 1.86. The van der Waals surface area contributed by atoms with E-state index in [0.29, 0.717) is 17.8 Å². The second kappa shape index (κ2) is 5.77. The van der Waals surface area contributed by atoms with Crippen LogP contribution in [0.4, 0.5) is 0 Å². The van der Waals surface area contributed by atoms with Gasteiger partial charge < -0.3 is 9.84 Å². The Morgan fingerprint density at radius 2 is 2.28 bits per heavy atom. The van der Waals surface area contributed by atoms with Crippen LogP contribution in [-0.4, -0.2) is 32.5 Å². The van der Waals surface area contributed by atoms with Gasteiger partial charge in [-0.25, -0.2) is 0 Å². The van der Waals surface area contributed by atoms with E-state index in [-0.39, 0.29) is 0 Å². The maximum atomic E-state index is 5.21. The molecule has 0 unspecified atom stereocenters. The first-order valence-electron chi connectivity index (χ1n) is 6.20. The molecule has 2 aromatic heterocycles. The summed E-state index contributed by atoms with van der Waals surface area (Å²) >= 11 is 0. The van der Waals surface area contributed by atoms with Gasteiger partial charge in [-0.2, -0.15) is 10.1 Å². The van der Waals surface area contributed by atoms with E-state index in [2.05, 4.69) is 34.4 Å². The molecule has 6 heteroatoms. The molecule has 98 valence electrons. The number of aryl methyl sites for hydroxylation is 2. The zero-order valence-electron chi connectivity index (χ0n) is 11.1. The number of aromatic nitrogens is 4. The number of nitrogens with zero attached hydrogens (tertiary/aromatic N) is 4. The maximum absolute atomic E-state index is 5.21. The molecule has 18 heavy (non-hydrogen) atoms. The number of nitrogens with one attached hydrogen (secondary N) is 1. The first kappa shape index (κ1) is 12.8. The average Bonchev–Trinajstić information content (AvgIpc) is 2.93. The van der Waals surface area contributed by atoms with E-state index in [1.54, 1.807) is 10.9 Å². The minimum absolute atomic E-state index is 0.513. The highest BCUT2D eigenvalue weighted by Crippen LogP contribution is 2.14. The molecule has 0 saturated heterocycles. The normalized spacial score (nSPS) is 11.3. The minimum atomic E-state index is 0.513. The first-order chi connectivity index (χ1) is 8.65. The zero-order valence-corrected chi connectivity index (χ0v) is 11.1. The fourth-order valence-electron chi connectivity index (χ4n) is 1.64. The van der Waals surface area contributed by atoms with Crippen molar-refractivity contribution in [1.82, 2.24) is 25.2 Å². The summed E-state index contributed by atoms with van der Waals surface area (Å²) in [6.07, 6.45) is 5.39. The van der Waals surface area contributed by atoms with Gasteiger partial charge in [-0.3, -0.25) is 4.68 Å². The van der Waals surface area contributed by atoms with Crippen molar-refractivity contribution in [3.8, 4) is 11.4 Å². The first-order valence-corrected chi connectivity index (χ1v) is 6.20. The lowest BCUT2D eigenvalue weighted by Gasteiger charge is -2.05. The second-order valence-electron chi connectivity index (χ2n) is 4.63. The van der Waals surface area contributed by atoms with E-state index >= 15 is 0 Å². The third kappa shape index (κ3) is 3.40. The van der Waals surface area contributed by atoms with Crippen LogP contribution in [0.2, 0.25) is 0 Å². The molecule has 0 fully saturated rings. The SMILES string of the molecule is CC(C)NCCCc1nc(-c2cnn(C)c2)no1. The van der Waals surface area contributed by atoms with Gasteiger partial charge in [-0.15, -0.1) is 0 Å². The molecular weight excluding hydrogens is 230 g/mol. The second-order valence-corrected chi connectivity index (χ2v) is 4.63. The van der Waals surface area contributed by atoms with Gasteiger partial charge in [0.25, 0.3) is 0 Å². The monoisotopic (exact) mass is 249 g/mol. The Morgan fingerprint density at radius 3 is 2.94 bits per heavy atom. The fourth-order valence-corrected chi connectivity index (χ4v) is 1.64. The Bertz CT molecular complexity index is 488. The number of rotatable bonds is 6. The predicted octanol–water partition coefficient (Wildman–Crippen LogP) is 1.40. The van der Waals surface area contributed by atoms with Crippen LogP contribution < -0.4 is 5.32 Å². The van der Waals surface area contributed by atoms with Gasteiger partial charge in [0, 0.05) is 25.7 Å². The molecule has 0 saturated carbocycles. The van der Waals surface area contributed by atoms with Crippen LogP contribution >= 0.6 is 0 Å². The quantitative estimate of drug-likeness (QED) is 0.784. The lowest BCUT2D eigenvalue weighted by molar-refractivity contribution is 0.374. The molecule has 0 atom stereocenters. The van der Waals surface area contributed by atoms with Crippen LogP contribution in [0.3, 0.4) is 0 Å². The van der Waals surface area contributed by atoms with Gasteiger partial charge in [0.1, 0.15) is 0 Å². The fraction of sp³-hybridized carbons (Fsp3) is 0.583. The maximum Gasteiger partial charge on any atom is 0.227 e. The molecule has 0 spiro atoms. The van der Waals surface area contributed by atoms with Crippen molar-refractivity contribution in [3.05, 3.63) is 18.3 Å². The van der Waals surface area contributed by atoms with Crippen LogP contribution in [0, 0.1) is 0 Å². The van der Waals surface area contributed by atoms with Gasteiger partial charge in [0.05, 0.1) is 11.8 Å². The van der Waals surface area contributed by atoms with Crippen LogP contribution in [0.1, 0.15) is 26.2 Å². The molecule has 2 aromatic rings. The van der Waals surface area contributed by atoms with Crippen molar-refractivity contribution in [1.29, 1.82) is 0 Å². The molecule has 0 amide bonds. The largest absolute Gasteiger partial charge is 0.339 e. The van der Waals surface area contributed by atoms with Gasteiger partial charge >= 0.3 is 0 Å². The zero-order chi connectivity index (χ0) is 13.0. The van der Waals surface area contributed by atoms with Gasteiger partial charge in [0.2, 0.25) is 11.7 Å². The van der Waals surface area contributed by atoms with E-state index in [1.165, 1.54) is 0 Å². The number of hydrogen-bond acceptors (Lipinski definition) is 5. The van der Waals surface area contributed by atoms with E-state index in [4.69, 9.17) is 4.52 Å². The summed E-state index contributed by atoms with van der Waals surface area (Å²) in [4.78, 5) is 4.35. The molecule has 2 heterocycles. The lowest BCUT2D eigenvalue weighted by atomic mass is 10.3. The summed E-state index contributed by atoms with van der Waals surface area (Å²) in [6, 6.07) is 0.513. The van der Waals surface area contributed by atoms with Crippen LogP contribution in [0.25, 0.3) is 11.4 Å². The summed E-state index contributed by atoms with van der Waals surface area (Å²) in [7, 11) is 1.86. The molecule has 6 nitrogen and oxygen atoms in total. The lowest BCUT2D eigenvalue weighted by Crippen LogP contribution is -2.23. The summed E-state index contributed by atoms with van der Waals surface area (Å²) in [5.74, 6) is 1.29. The molecule has 0 aliphatic heterocycles. The topological polar surface area (TPSA) is 68.8 Å². The highest BCUT2D eigenvalue weighted by Gasteiger charge is 2.09. The van der Waals surface area contributed by atoms with Crippen molar-refractivity contribution in [2.75, 3.05) is 6.54 Å². The van der Waals surface area contributed by atoms with E-state index < -0.39 is 0 Å². The van der Waals surface area contributed by atoms with Gasteiger partial charge in [0.15, 0.2) is 0 Å². The third-order valence-corrected chi connectivity index (χ3v) is 2.55. The minimum Gasteiger partial charge on any atom is -0.339 e. The molecule has 0 aliphatic carbocycles. The Kier molecular flexibility index (Phi) is 4.09. The predicted molar refractivity (Wildman–Crippen MR) is 68.0 cm³/mol. The Labute approximate surface area is 106 Å². The third-order valence-electron chi connectivity index (χ3n) is 2.55. The van der Waals surface area contributed by atoms with Crippen molar-refractivity contribution in [2.45, 2.75) is 32.7 Å². The van der Waals surface area contributed by atoms with Crippen LogP contribution in [0.5, 0.6) is 0 Å². The molecule has 2 rings (SSSR count). The van der Waals surface area contributed by atoms with E-state index in [9.17, 15) is 0 Å². The summed E-state index contributed by atoms with van der Waals surface area (Å²) in [6.45, 7) is 5.22. The molecule has 1 N–H and O–H groups in total. The van der Waals surface area contributed by atoms with Crippen LogP contribution in [0.15, 0.2) is 16.9 Å². The smallest absolute Gasteiger partial charge is 0.227 e. The van der Waals surface area contributed by atoms with Crippen LogP contribution in [-0.2, 0) is 13.5 Å². The molecule has 0 radical (unpaired) electrons. The van der Waals surface area contributed by atoms with Crippen molar-refractivity contribution < 1.29 is 4.52 Å². The summed E-state index contributed by atoms with van der Waals surface area (Å²) in [5.41, 5.74) is 0.882. The Hall–Kier alpha value is -1.69. The highest BCUT2D eigenvalue weighted by atomic mass is 16.5. The molecule has 0 aromatic carbocycles. The van der Waals surface area contributed by atoms with E-state index in [1.807, 2.05) is 13.2 Å².